The molecular formula is C9H12N2O3S2. The second kappa shape index (κ2) is 4.15. The highest BCUT2D eigenvalue weighted by molar-refractivity contribution is 7.90. The summed E-state index contributed by atoms with van der Waals surface area (Å²) in [5, 5.41) is 11.5. The monoisotopic (exact) mass is 260 g/mol. The summed E-state index contributed by atoms with van der Waals surface area (Å²) in [5.74, 6) is -0.224. The second-order valence-corrected chi connectivity index (χ2v) is 6.83. The predicted molar refractivity (Wildman–Crippen MR) is 62.5 cm³/mol. The van der Waals surface area contributed by atoms with Gasteiger partial charge in [0.1, 0.15) is 9.84 Å². The first kappa shape index (κ1) is 11.6. The van der Waals surface area contributed by atoms with Crippen LogP contribution in [0, 0.1) is 0 Å². The Balaban J connectivity index is 2.07. The number of aliphatic hydroxyl groups excluding tert-OH is 1. The maximum Gasteiger partial charge on any atom is 0.193 e. The zero-order chi connectivity index (χ0) is 11.8. The molecule has 1 N–H and O–H groups in total. The van der Waals surface area contributed by atoms with Crippen LogP contribution in [-0.4, -0.2) is 41.0 Å². The molecule has 2 aromatic heterocycles. The van der Waals surface area contributed by atoms with Crippen LogP contribution < -0.4 is 0 Å². The van der Waals surface area contributed by atoms with E-state index >= 15 is 0 Å². The first-order valence-corrected chi connectivity index (χ1v) is 7.65. The number of nitrogens with zero attached hydrogens (tertiary/aromatic N) is 2. The number of rotatable bonds is 4. The molecule has 0 aliphatic rings. The van der Waals surface area contributed by atoms with Crippen molar-refractivity contribution >= 4 is 26.1 Å². The van der Waals surface area contributed by atoms with Gasteiger partial charge in [-0.25, -0.2) is 13.4 Å². The van der Waals surface area contributed by atoms with Gasteiger partial charge in [0.15, 0.2) is 4.96 Å². The van der Waals surface area contributed by atoms with E-state index in [-0.39, 0.29) is 12.2 Å². The Morgan fingerprint density at radius 1 is 1.62 bits per heavy atom. The molecule has 2 rings (SSSR count). The Kier molecular flexibility index (Phi) is 3.00. The van der Waals surface area contributed by atoms with E-state index in [0.717, 1.165) is 11.2 Å². The Morgan fingerprint density at radius 3 is 3.00 bits per heavy atom. The van der Waals surface area contributed by atoms with Gasteiger partial charge in [-0.1, -0.05) is 0 Å². The van der Waals surface area contributed by atoms with Gasteiger partial charge in [-0.15, -0.1) is 11.3 Å². The van der Waals surface area contributed by atoms with Gasteiger partial charge in [0.25, 0.3) is 0 Å². The standard InChI is InChI=1S/C9H12N2O3S2/c1-16(13,14)6-8(12)4-7-5-11-2-3-15-9(11)10-7/h2-3,5,8,12H,4,6H2,1H3. The highest BCUT2D eigenvalue weighted by Crippen LogP contribution is 2.12. The molecule has 2 heterocycles. The highest BCUT2D eigenvalue weighted by atomic mass is 32.2. The van der Waals surface area contributed by atoms with E-state index in [1.54, 1.807) is 6.20 Å². The van der Waals surface area contributed by atoms with Crippen LogP contribution in [0.25, 0.3) is 4.96 Å². The predicted octanol–water partition coefficient (Wildman–Crippen LogP) is 0.344. The molecular weight excluding hydrogens is 248 g/mol. The molecule has 0 aromatic carbocycles. The van der Waals surface area contributed by atoms with Gasteiger partial charge in [0.2, 0.25) is 0 Å². The average molecular weight is 260 g/mol. The fraction of sp³-hybridized carbons (Fsp3) is 0.444. The van der Waals surface area contributed by atoms with E-state index in [1.165, 1.54) is 11.3 Å². The molecule has 0 spiro atoms. The molecule has 5 nitrogen and oxygen atoms in total. The first-order valence-electron chi connectivity index (χ1n) is 4.71. The molecule has 0 bridgehead atoms. The minimum absolute atomic E-state index is 0.224. The van der Waals surface area contributed by atoms with Crippen LogP contribution in [0.2, 0.25) is 0 Å². The normalized spacial score (nSPS) is 14.4. The van der Waals surface area contributed by atoms with E-state index in [9.17, 15) is 13.5 Å². The third-order valence-electron chi connectivity index (χ3n) is 2.08. The maximum absolute atomic E-state index is 11.0. The fourth-order valence-corrected chi connectivity index (χ4v) is 3.06. The average Bonchev–Trinajstić information content (AvgIpc) is 2.58. The number of aliphatic hydroxyl groups is 1. The van der Waals surface area contributed by atoms with Crippen LogP contribution in [0.15, 0.2) is 17.8 Å². The van der Waals surface area contributed by atoms with Gasteiger partial charge in [0.05, 0.1) is 17.6 Å². The summed E-state index contributed by atoms with van der Waals surface area (Å²) >= 11 is 1.50. The molecule has 0 aliphatic carbocycles. The summed E-state index contributed by atoms with van der Waals surface area (Å²) in [7, 11) is -3.14. The van der Waals surface area contributed by atoms with Crippen LogP contribution in [0.3, 0.4) is 0 Å². The van der Waals surface area contributed by atoms with Gasteiger partial charge in [-0.3, -0.25) is 4.40 Å². The lowest BCUT2D eigenvalue weighted by Crippen LogP contribution is -2.22. The van der Waals surface area contributed by atoms with Gasteiger partial charge in [-0.2, -0.15) is 0 Å². The second-order valence-electron chi connectivity index (χ2n) is 3.78. The largest absolute Gasteiger partial charge is 0.392 e. The maximum atomic E-state index is 11.0. The number of hydrogen-bond acceptors (Lipinski definition) is 5. The molecule has 0 aliphatic heterocycles. The summed E-state index contributed by atoms with van der Waals surface area (Å²) in [6, 6.07) is 0. The molecule has 1 atom stereocenters. The summed E-state index contributed by atoms with van der Waals surface area (Å²) in [4.78, 5) is 5.12. The van der Waals surface area contributed by atoms with Crippen molar-refractivity contribution in [2.75, 3.05) is 12.0 Å². The number of imidazole rings is 1. The molecule has 0 radical (unpaired) electrons. The first-order chi connectivity index (χ1) is 7.44. The van der Waals surface area contributed by atoms with Crippen LogP contribution in [-0.2, 0) is 16.3 Å². The zero-order valence-corrected chi connectivity index (χ0v) is 10.3. The topological polar surface area (TPSA) is 71.7 Å². The Hall–Kier alpha value is -0.920. The van der Waals surface area contributed by atoms with E-state index < -0.39 is 15.9 Å². The quantitative estimate of drug-likeness (QED) is 0.860. The third kappa shape index (κ3) is 2.81. The molecule has 88 valence electrons. The van der Waals surface area contributed by atoms with E-state index in [4.69, 9.17) is 0 Å². The number of sulfone groups is 1. The molecule has 2 aromatic rings. The SMILES string of the molecule is CS(=O)(=O)CC(O)Cc1cn2ccsc2n1. The van der Waals surface area contributed by atoms with Gasteiger partial charge < -0.3 is 5.11 Å². The molecule has 7 heteroatoms. The molecule has 0 fully saturated rings. The van der Waals surface area contributed by atoms with Crippen molar-refractivity contribution in [2.45, 2.75) is 12.5 Å². The smallest absolute Gasteiger partial charge is 0.193 e. The Labute approximate surface area is 97.3 Å². The van der Waals surface area contributed by atoms with Crippen molar-refractivity contribution in [1.29, 1.82) is 0 Å². The van der Waals surface area contributed by atoms with Crippen molar-refractivity contribution < 1.29 is 13.5 Å². The lowest BCUT2D eigenvalue weighted by atomic mass is 10.2. The van der Waals surface area contributed by atoms with Gasteiger partial charge in [0, 0.05) is 30.5 Å². The summed E-state index contributed by atoms with van der Waals surface area (Å²) in [6.45, 7) is 0. The van der Waals surface area contributed by atoms with Crippen LogP contribution >= 0.6 is 11.3 Å². The Bertz CT molecular complexity index is 556. The van der Waals surface area contributed by atoms with Gasteiger partial charge >= 0.3 is 0 Å². The number of hydrogen-bond donors (Lipinski definition) is 1. The Morgan fingerprint density at radius 2 is 2.38 bits per heavy atom. The van der Waals surface area contributed by atoms with Crippen molar-refractivity contribution in [3.63, 3.8) is 0 Å². The lowest BCUT2D eigenvalue weighted by Gasteiger charge is -2.06. The zero-order valence-electron chi connectivity index (χ0n) is 8.70. The fourth-order valence-electron chi connectivity index (χ4n) is 1.52. The summed E-state index contributed by atoms with van der Waals surface area (Å²) in [5.41, 5.74) is 0.711. The summed E-state index contributed by atoms with van der Waals surface area (Å²) < 4.78 is 23.8. The number of aromatic nitrogens is 2. The molecule has 0 saturated heterocycles. The third-order valence-corrected chi connectivity index (χ3v) is 3.84. The van der Waals surface area contributed by atoms with E-state index in [2.05, 4.69) is 4.98 Å². The van der Waals surface area contributed by atoms with Crippen molar-refractivity contribution in [3.8, 4) is 0 Å². The molecule has 0 saturated carbocycles. The van der Waals surface area contributed by atoms with Crippen molar-refractivity contribution in [2.24, 2.45) is 0 Å². The minimum atomic E-state index is -3.14. The van der Waals surface area contributed by atoms with Crippen LogP contribution in [0.4, 0.5) is 0 Å². The van der Waals surface area contributed by atoms with Crippen molar-refractivity contribution in [3.05, 3.63) is 23.5 Å². The lowest BCUT2D eigenvalue weighted by molar-refractivity contribution is 0.197. The van der Waals surface area contributed by atoms with Gasteiger partial charge in [-0.05, 0) is 0 Å². The van der Waals surface area contributed by atoms with Crippen LogP contribution in [0.1, 0.15) is 5.69 Å². The summed E-state index contributed by atoms with van der Waals surface area (Å²) in [6.07, 6.45) is 4.17. The number of thiazole rings is 1. The van der Waals surface area contributed by atoms with Crippen LogP contribution in [0.5, 0.6) is 0 Å². The highest BCUT2D eigenvalue weighted by Gasteiger charge is 2.14. The minimum Gasteiger partial charge on any atom is -0.392 e. The van der Waals surface area contributed by atoms with E-state index in [0.29, 0.717) is 5.69 Å². The number of fused-ring (bicyclic) bond motifs is 1. The molecule has 16 heavy (non-hydrogen) atoms. The van der Waals surface area contributed by atoms with Crippen molar-refractivity contribution in [1.82, 2.24) is 9.38 Å². The molecule has 0 amide bonds. The van der Waals surface area contributed by atoms with E-state index in [1.807, 2.05) is 16.0 Å². The molecule has 1 unspecified atom stereocenters.